The molecule has 11 heteroatoms. The zero-order chi connectivity index (χ0) is 18.8. The van der Waals surface area contributed by atoms with Crippen molar-refractivity contribution in [2.24, 2.45) is 4.99 Å². The van der Waals surface area contributed by atoms with Crippen molar-refractivity contribution in [3.63, 3.8) is 0 Å². The van der Waals surface area contributed by atoms with Gasteiger partial charge in [0.15, 0.2) is 0 Å². The molecule has 0 radical (unpaired) electrons. The molecule has 0 N–H and O–H groups in total. The van der Waals surface area contributed by atoms with E-state index in [4.69, 9.17) is 16.3 Å². The molecule has 1 aromatic heterocycles. The van der Waals surface area contributed by atoms with Gasteiger partial charge in [-0.05, 0) is 23.5 Å². The van der Waals surface area contributed by atoms with E-state index in [9.17, 15) is 14.0 Å². The van der Waals surface area contributed by atoms with Crippen LogP contribution < -0.4 is 9.67 Å². The SMILES string of the molecule is COC(=O)CSc1cc(N=c2sc(=O)n3n2CC(OC)C3)c(F)cc1Cl. The van der Waals surface area contributed by atoms with Crippen LogP contribution in [0.1, 0.15) is 0 Å². The lowest BCUT2D eigenvalue weighted by Crippen LogP contribution is -2.20. The molecule has 0 bridgehead atoms. The third-order valence-electron chi connectivity index (χ3n) is 3.78. The molecule has 0 fully saturated rings. The van der Waals surface area contributed by atoms with E-state index in [0.29, 0.717) is 22.8 Å². The van der Waals surface area contributed by atoms with E-state index in [0.717, 1.165) is 29.2 Å². The van der Waals surface area contributed by atoms with Gasteiger partial charge in [0, 0.05) is 12.0 Å². The maximum Gasteiger partial charge on any atom is 0.325 e. The second-order valence-electron chi connectivity index (χ2n) is 5.38. The Kier molecular flexibility index (Phi) is 5.86. The fourth-order valence-corrected chi connectivity index (χ4v) is 4.38. The van der Waals surface area contributed by atoms with E-state index in [1.807, 2.05) is 0 Å². The second kappa shape index (κ2) is 7.95. The monoisotopic (exact) mass is 419 g/mol. The van der Waals surface area contributed by atoms with Gasteiger partial charge >= 0.3 is 10.8 Å². The summed E-state index contributed by atoms with van der Waals surface area (Å²) >= 11 is 8.10. The number of thioether (sulfide) groups is 1. The summed E-state index contributed by atoms with van der Waals surface area (Å²) in [6, 6.07) is 2.59. The van der Waals surface area contributed by atoms with Crippen molar-refractivity contribution in [2.45, 2.75) is 24.1 Å². The molecule has 140 valence electrons. The van der Waals surface area contributed by atoms with Crippen LogP contribution in [-0.2, 0) is 27.4 Å². The van der Waals surface area contributed by atoms with Crippen molar-refractivity contribution in [1.82, 2.24) is 9.36 Å². The number of fused-ring (bicyclic) bond motifs is 1. The van der Waals surface area contributed by atoms with Crippen LogP contribution in [0.4, 0.5) is 10.1 Å². The van der Waals surface area contributed by atoms with Gasteiger partial charge < -0.3 is 9.47 Å². The van der Waals surface area contributed by atoms with E-state index < -0.39 is 11.8 Å². The summed E-state index contributed by atoms with van der Waals surface area (Å²) in [5.41, 5.74) is 0.0415. The predicted molar refractivity (Wildman–Crippen MR) is 96.7 cm³/mol. The molecule has 3 rings (SSSR count). The van der Waals surface area contributed by atoms with Crippen molar-refractivity contribution < 1.29 is 18.7 Å². The molecule has 0 aliphatic carbocycles. The number of nitrogens with zero attached hydrogens (tertiary/aromatic N) is 3. The summed E-state index contributed by atoms with van der Waals surface area (Å²) < 4.78 is 27.4. The third-order valence-corrected chi connectivity index (χ3v) is 6.10. The Balaban J connectivity index is 1.98. The third kappa shape index (κ3) is 3.88. The number of carbonyl (C=O) groups is 1. The molecule has 0 saturated carbocycles. The Morgan fingerprint density at radius 2 is 2.15 bits per heavy atom. The molecule has 1 aliphatic rings. The van der Waals surface area contributed by atoms with Crippen LogP contribution in [0.25, 0.3) is 0 Å². The van der Waals surface area contributed by atoms with Crippen LogP contribution in [0.5, 0.6) is 0 Å². The van der Waals surface area contributed by atoms with Crippen LogP contribution in [0, 0.1) is 5.82 Å². The van der Waals surface area contributed by atoms with Gasteiger partial charge in [-0.3, -0.25) is 14.3 Å². The Hall–Kier alpha value is -1.62. The molecule has 2 heterocycles. The van der Waals surface area contributed by atoms with Crippen molar-refractivity contribution >= 4 is 46.4 Å². The quantitative estimate of drug-likeness (QED) is 0.547. The summed E-state index contributed by atoms with van der Waals surface area (Å²) in [7, 11) is 2.86. The van der Waals surface area contributed by atoms with Crippen LogP contribution >= 0.6 is 34.7 Å². The van der Waals surface area contributed by atoms with Gasteiger partial charge in [0.05, 0.1) is 37.1 Å². The number of rotatable bonds is 5. The summed E-state index contributed by atoms with van der Waals surface area (Å²) in [5, 5.41) is 0.178. The number of halogens is 2. The van der Waals surface area contributed by atoms with E-state index in [1.54, 1.807) is 11.8 Å². The van der Waals surface area contributed by atoms with E-state index in [1.165, 1.54) is 17.9 Å². The van der Waals surface area contributed by atoms with E-state index in [-0.39, 0.29) is 27.4 Å². The van der Waals surface area contributed by atoms with Crippen LogP contribution in [0.3, 0.4) is 0 Å². The van der Waals surface area contributed by atoms with Crippen molar-refractivity contribution in [1.29, 1.82) is 0 Å². The minimum Gasteiger partial charge on any atom is -0.468 e. The number of ether oxygens (including phenoxy) is 2. The summed E-state index contributed by atoms with van der Waals surface area (Å²) in [6.45, 7) is 0.901. The lowest BCUT2D eigenvalue weighted by atomic mass is 10.3. The number of aromatic nitrogens is 2. The fourth-order valence-electron chi connectivity index (χ4n) is 2.42. The van der Waals surface area contributed by atoms with E-state index >= 15 is 0 Å². The maximum atomic E-state index is 14.3. The molecular formula is C15H15ClFN3O4S2. The second-order valence-corrected chi connectivity index (χ2v) is 7.73. The van der Waals surface area contributed by atoms with Crippen LogP contribution in [0.15, 0.2) is 26.8 Å². The van der Waals surface area contributed by atoms with Crippen molar-refractivity contribution in [2.75, 3.05) is 20.0 Å². The minimum absolute atomic E-state index is 0.0415. The van der Waals surface area contributed by atoms with Crippen LogP contribution in [0.2, 0.25) is 5.02 Å². The van der Waals surface area contributed by atoms with Gasteiger partial charge in [-0.25, -0.2) is 14.1 Å². The molecule has 0 spiro atoms. The summed E-state index contributed by atoms with van der Waals surface area (Å²) in [4.78, 5) is 28.4. The Morgan fingerprint density at radius 1 is 1.42 bits per heavy atom. The van der Waals surface area contributed by atoms with Crippen molar-refractivity contribution in [3.8, 4) is 0 Å². The Morgan fingerprint density at radius 3 is 2.85 bits per heavy atom. The summed E-state index contributed by atoms with van der Waals surface area (Å²) in [6.07, 6.45) is -0.119. The molecule has 7 nitrogen and oxygen atoms in total. The smallest absolute Gasteiger partial charge is 0.325 e. The molecule has 1 unspecified atom stereocenters. The lowest BCUT2D eigenvalue weighted by Gasteiger charge is -2.06. The average molecular weight is 420 g/mol. The Labute approximate surface area is 161 Å². The maximum absolute atomic E-state index is 14.3. The standard InChI is InChI=1S/C15H15ClFN3O4S2/c1-23-8-5-19-14(26-15(22)20(19)6-8)18-11-4-12(9(16)3-10(11)17)25-7-13(21)24-2/h3-4,8H,5-7H2,1-2H3. The van der Waals surface area contributed by atoms with Crippen LogP contribution in [-0.4, -0.2) is 41.4 Å². The highest BCUT2D eigenvalue weighted by atomic mass is 35.5. The number of methoxy groups -OCH3 is 2. The first-order valence-electron chi connectivity index (χ1n) is 7.50. The first-order valence-corrected chi connectivity index (χ1v) is 9.68. The van der Waals surface area contributed by atoms with Gasteiger partial charge in [0.1, 0.15) is 11.5 Å². The van der Waals surface area contributed by atoms with E-state index in [2.05, 4.69) is 9.73 Å². The largest absolute Gasteiger partial charge is 0.468 e. The fraction of sp³-hybridized carbons (Fsp3) is 0.400. The first kappa shape index (κ1) is 19.2. The average Bonchev–Trinajstić information content (AvgIpc) is 3.16. The highest BCUT2D eigenvalue weighted by molar-refractivity contribution is 8.00. The van der Waals surface area contributed by atoms with Gasteiger partial charge in [-0.2, -0.15) is 0 Å². The predicted octanol–water partition coefficient (Wildman–Crippen LogP) is 2.03. The lowest BCUT2D eigenvalue weighted by molar-refractivity contribution is -0.137. The number of hydrogen-bond donors (Lipinski definition) is 0. The normalized spacial score (nSPS) is 16.8. The zero-order valence-electron chi connectivity index (χ0n) is 13.9. The molecule has 0 saturated heterocycles. The molecule has 1 atom stereocenters. The first-order chi connectivity index (χ1) is 12.4. The number of benzene rings is 1. The van der Waals surface area contributed by atoms with Gasteiger partial charge in [0.25, 0.3) is 0 Å². The highest BCUT2D eigenvalue weighted by Crippen LogP contribution is 2.33. The molecule has 1 aromatic carbocycles. The molecular weight excluding hydrogens is 405 g/mol. The molecule has 0 amide bonds. The van der Waals surface area contributed by atoms with Gasteiger partial charge in [-0.15, -0.1) is 11.8 Å². The van der Waals surface area contributed by atoms with Gasteiger partial charge in [0.2, 0.25) is 4.80 Å². The highest BCUT2D eigenvalue weighted by Gasteiger charge is 2.24. The molecule has 2 aromatic rings. The number of hydrogen-bond acceptors (Lipinski definition) is 7. The minimum atomic E-state index is -0.612. The number of carbonyl (C=O) groups excluding carboxylic acids is 1. The topological polar surface area (TPSA) is 74.8 Å². The van der Waals surface area contributed by atoms with Gasteiger partial charge in [-0.1, -0.05) is 11.6 Å². The number of esters is 1. The zero-order valence-corrected chi connectivity index (χ0v) is 16.3. The molecule has 26 heavy (non-hydrogen) atoms. The van der Waals surface area contributed by atoms with Crippen molar-refractivity contribution in [3.05, 3.63) is 37.4 Å². The molecule has 1 aliphatic heterocycles. The summed E-state index contributed by atoms with van der Waals surface area (Å²) in [5.74, 6) is -0.988. The Bertz CT molecular complexity index is 969.